The Morgan fingerprint density at radius 3 is 2.53 bits per heavy atom. The molecule has 1 heterocycles. The molecule has 0 spiro atoms. The summed E-state index contributed by atoms with van der Waals surface area (Å²) in [7, 11) is 0. The molecule has 1 unspecified atom stereocenters. The van der Waals surface area contributed by atoms with Crippen molar-refractivity contribution in [3.8, 4) is 0 Å². The first-order chi connectivity index (χ1) is 8.67. The molecule has 1 aliphatic heterocycles. The molecule has 0 aromatic carbocycles. The fourth-order valence-electron chi connectivity index (χ4n) is 2.08. The molecule has 1 fully saturated rings. The number of nitrogens with zero attached hydrogens (tertiary/aromatic N) is 1. The van der Waals surface area contributed by atoms with E-state index in [9.17, 15) is 13.6 Å². The Morgan fingerprint density at radius 2 is 2.05 bits per heavy atom. The average Bonchev–Trinajstić information content (AvgIpc) is 2.69. The van der Waals surface area contributed by atoms with Crippen LogP contribution in [0.4, 0.5) is 13.6 Å². The van der Waals surface area contributed by atoms with Gasteiger partial charge in [-0.15, -0.1) is 0 Å². The first kappa shape index (κ1) is 16.1. The normalized spacial score (nSPS) is 24.1. The highest BCUT2D eigenvalue weighted by Crippen LogP contribution is 2.30. The van der Waals surface area contributed by atoms with E-state index < -0.39 is 30.3 Å². The van der Waals surface area contributed by atoms with Crippen LogP contribution < -0.4 is 0 Å². The summed E-state index contributed by atoms with van der Waals surface area (Å²) >= 11 is 0. The molecular weight excluding hydrogens is 256 g/mol. The van der Waals surface area contributed by atoms with Crippen LogP contribution in [-0.2, 0) is 9.47 Å². The van der Waals surface area contributed by atoms with Gasteiger partial charge in [-0.1, -0.05) is 6.92 Å². The van der Waals surface area contributed by atoms with Crippen LogP contribution in [0, 0.1) is 0 Å². The minimum Gasteiger partial charge on any atom is -0.444 e. The van der Waals surface area contributed by atoms with Gasteiger partial charge in [0, 0.05) is 6.54 Å². The standard InChI is InChI=1S/C13H23F2NO3/c1-5-13(18-8-10(14)15)6-7-16(9-13)11(17)19-12(2,3)4/h10H,5-9H2,1-4H3. The zero-order chi connectivity index (χ0) is 14.7. The van der Waals surface area contributed by atoms with E-state index in [0.29, 0.717) is 25.9 Å². The Morgan fingerprint density at radius 1 is 1.42 bits per heavy atom. The lowest BCUT2D eigenvalue weighted by Gasteiger charge is -2.29. The van der Waals surface area contributed by atoms with Crippen molar-refractivity contribution in [3.05, 3.63) is 0 Å². The monoisotopic (exact) mass is 279 g/mol. The van der Waals surface area contributed by atoms with E-state index in [1.807, 2.05) is 6.92 Å². The van der Waals surface area contributed by atoms with Crippen LogP contribution in [0.2, 0.25) is 0 Å². The molecule has 1 atom stereocenters. The first-order valence-electron chi connectivity index (χ1n) is 6.57. The van der Waals surface area contributed by atoms with Crippen molar-refractivity contribution < 1.29 is 23.0 Å². The molecule has 19 heavy (non-hydrogen) atoms. The first-order valence-corrected chi connectivity index (χ1v) is 6.57. The van der Waals surface area contributed by atoms with E-state index in [1.54, 1.807) is 20.8 Å². The van der Waals surface area contributed by atoms with Gasteiger partial charge in [-0.3, -0.25) is 0 Å². The molecule has 112 valence electrons. The zero-order valence-electron chi connectivity index (χ0n) is 12.0. The van der Waals surface area contributed by atoms with E-state index in [1.165, 1.54) is 4.90 Å². The highest BCUT2D eigenvalue weighted by Gasteiger charge is 2.41. The summed E-state index contributed by atoms with van der Waals surface area (Å²) in [6.07, 6.45) is -1.74. The van der Waals surface area contributed by atoms with E-state index in [-0.39, 0.29) is 0 Å². The Kier molecular flexibility index (Phi) is 5.12. The average molecular weight is 279 g/mol. The van der Waals surface area contributed by atoms with Gasteiger partial charge in [-0.25, -0.2) is 13.6 Å². The molecule has 6 heteroatoms. The van der Waals surface area contributed by atoms with Crippen molar-refractivity contribution in [1.82, 2.24) is 4.90 Å². The van der Waals surface area contributed by atoms with Gasteiger partial charge in [0.25, 0.3) is 6.43 Å². The number of alkyl halides is 2. The number of carbonyl (C=O) groups is 1. The van der Waals surface area contributed by atoms with E-state index in [4.69, 9.17) is 9.47 Å². The van der Waals surface area contributed by atoms with Gasteiger partial charge in [0.05, 0.1) is 12.1 Å². The molecule has 0 saturated carbocycles. The molecule has 0 bridgehead atoms. The molecule has 0 N–H and O–H groups in total. The SMILES string of the molecule is CCC1(OCC(F)F)CCN(C(=O)OC(C)(C)C)C1. The number of hydrogen-bond acceptors (Lipinski definition) is 3. The van der Waals surface area contributed by atoms with Crippen molar-refractivity contribution in [2.45, 2.75) is 58.2 Å². The molecule has 0 radical (unpaired) electrons. The lowest BCUT2D eigenvalue weighted by Crippen LogP contribution is -2.41. The van der Waals surface area contributed by atoms with Crippen molar-refractivity contribution in [3.63, 3.8) is 0 Å². The fourth-order valence-corrected chi connectivity index (χ4v) is 2.08. The third kappa shape index (κ3) is 4.93. The summed E-state index contributed by atoms with van der Waals surface area (Å²) in [6.45, 7) is 7.46. The van der Waals surface area contributed by atoms with Crippen LogP contribution in [-0.4, -0.2) is 48.3 Å². The molecule has 1 rings (SSSR count). The van der Waals surface area contributed by atoms with Gasteiger partial charge >= 0.3 is 6.09 Å². The zero-order valence-corrected chi connectivity index (χ0v) is 12.0. The molecular formula is C13H23F2NO3. The number of ether oxygens (including phenoxy) is 2. The van der Waals surface area contributed by atoms with E-state index >= 15 is 0 Å². The van der Waals surface area contributed by atoms with E-state index in [2.05, 4.69) is 0 Å². The summed E-state index contributed by atoms with van der Waals surface area (Å²) in [6, 6.07) is 0. The second kappa shape index (κ2) is 6.03. The second-order valence-corrected chi connectivity index (χ2v) is 5.89. The number of amides is 1. The number of likely N-dealkylation sites (tertiary alicyclic amines) is 1. The Labute approximate surface area is 113 Å². The van der Waals surface area contributed by atoms with Crippen molar-refractivity contribution in [2.24, 2.45) is 0 Å². The topological polar surface area (TPSA) is 38.8 Å². The molecule has 1 amide bonds. The molecule has 1 saturated heterocycles. The van der Waals surface area contributed by atoms with Crippen LogP contribution in [0.3, 0.4) is 0 Å². The quantitative estimate of drug-likeness (QED) is 0.794. The summed E-state index contributed by atoms with van der Waals surface area (Å²) < 4.78 is 35.1. The van der Waals surface area contributed by atoms with Gasteiger partial charge in [-0.2, -0.15) is 0 Å². The van der Waals surface area contributed by atoms with Crippen LogP contribution in [0.25, 0.3) is 0 Å². The van der Waals surface area contributed by atoms with Crippen LogP contribution in [0.15, 0.2) is 0 Å². The number of carbonyl (C=O) groups excluding carboxylic acids is 1. The number of hydrogen-bond donors (Lipinski definition) is 0. The summed E-state index contributed by atoms with van der Waals surface area (Å²) in [4.78, 5) is 13.4. The van der Waals surface area contributed by atoms with Gasteiger partial charge in [0.2, 0.25) is 0 Å². The number of rotatable bonds is 4. The van der Waals surface area contributed by atoms with Gasteiger partial charge in [-0.05, 0) is 33.6 Å². The van der Waals surface area contributed by atoms with Crippen molar-refractivity contribution in [1.29, 1.82) is 0 Å². The predicted molar refractivity (Wildman–Crippen MR) is 67.4 cm³/mol. The maximum absolute atomic E-state index is 12.2. The van der Waals surface area contributed by atoms with Crippen LogP contribution >= 0.6 is 0 Å². The molecule has 4 nitrogen and oxygen atoms in total. The molecule has 0 aromatic heterocycles. The fraction of sp³-hybridized carbons (Fsp3) is 0.923. The van der Waals surface area contributed by atoms with Crippen molar-refractivity contribution in [2.75, 3.05) is 19.7 Å². The van der Waals surface area contributed by atoms with Crippen LogP contribution in [0.5, 0.6) is 0 Å². The van der Waals surface area contributed by atoms with Gasteiger partial charge in [0.1, 0.15) is 12.2 Å². The predicted octanol–water partition coefficient (Wildman–Crippen LogP) is 3.06. The highest BCUT2D eigenvalue weighted by molar-refractivity contribution is 5.68. The lowest BCUT2D eigenvalue weighted by molar-refractivity contribution is -0.0850. The third-order valence-corrected chi connectivity index (χ3v) is 3.13. The maximum atomic E-state index is 12.2. The van der Waals surface area contributed by atoms with Gasteiger partial charge < -0.3 is 14.4 Å². The van der Waals surface area contributed by atoms with Gasteiger partial charge in [0.15, 0.2) is 0 Å². The Balaban J connectivity index is 2.57. The third-order valence-electron chi connectivity index (χ3n) is 3.13. The van der Waals surface area contributed by atoms with Crippen molar-refractivity contribution >= 4 is 6.09 Å². The molecule has 0 aromatic rings. The largest absolute Gasteiger partial charge is 0.444 e. The minimum atomic E-state index is -2.49. The minimum absolute atomic E-state index is 0.311. The summed E-state index contributed by atoms with van der Waals surface area (Å²) in [5, 5.41) is 0. The number of halogens is 2. The highest BCUT2D eigenvalue weighted by atomic mass is 19.3. The van der Waals surface area contributed by atoms with E-state index in [0.717, 1.165) is 0 Å². The maximum Gasteiger partial charge on any atom is 0.410 e. The van der Waals surface area contributed by atoms with Crippen LogP contribution in [0.1, 0.15) is 40.5 Å². The second-order valence-electron chi connectivity index (χ2n) is 5.89. The summed E-state index contributed by atoms with van der Waals surface area (Å²) in [5.74, 6) is 0. The Hall–Kier alpha value is -0.910. The molecule has 1 aliphatic rings. The Bertz CT molecular complexity index is 318. The molecule has 0 aliphatic carbocycles. The smallest absolute Gasteiger partial charge is 0.410 e. The lowest BCUT2D eigenvalue weighted by atomic mass is 10.00. The summed E-state index contributed by atoms with van der Waals surface area (Å²) in [5.41, 5.74) is -1.22.